The first-order valence-corrected chi connectivity index (χ1v) is 10.9. The van der Waals surface area contributed by atoms with E-state index < -0.39 is 0 Å². The molecule has 3 aromatic carbocycles. The van der Waals surface area contributed by atoms with Gasteiger partial charge >= 0.3 is 0 Å². The molecule has 0 bridgehead atoms. The van der Waals surface area contributed by atoms with Crippen LogP contribution in [0.15, 0.2) is 85.1 Å². The largest absolute Gasteiger partial charge is 0.340 e. The van der Waals surface area contributed by atoms with Crippen LogP contribution in [0.4, 0.5) is 15.9 Å². The summed E-state index contributed by atoms with van der Waals surface area (Å²) >= 11 is 0. The van der Waals surface area contributed by atoms with E-state index in [1.807, 2.05) is 60.7 Å². The number of nitrogens with one attached hydrogen (secondary N) is 2. The number of rotatable bonds is 4. The van der Waals surface area contributed by atoms with Crippen LogP contribution in [0, 0.1) is 5.82 Å². The number of nitrogens with zero attached hydrogens (tertiary/aromatic N) is 3. The van der Waals surface area contributed by atoms with Gasteiger partial charge in [0, 0.05) is 16.5 Å². The van der Waals surface area contributed by atoms with Gasteiger partial charge in [0.15, 0.2) is 5.82 Å². The lowest BCUT2D eigenvalue weighted by molar-refractivity contribution is 0.629. The molecule has 1 aliphatic rings. The third-order valence-electron chi connectivity index (χ3n) is 5.90. The SMILES string of the molecule is Fc1cc(C2=CC=CCC2)ccc1-c1nc(Nc2ccc3[nH]ncc3c2)c2ccccc2n1. The topological polar surface area (TPSA) is 66.5 Å². The molecule has 2 heterocycles. The number of para-hydroxylation sites is 1. The van der Waals surface area contributed by atoms with E-state index in [1.54, 1.807) is 18.3 Å². The fourth-order valence-corrected chi connectivity index (χ4v) is 4.19. The van der Waals surface area contributed by atoms with Crippen LogP contribution in [0.3, 0.4) is 0 Å². The van der Waals surface area contributed by atoms with Crippen LogP contribution < -0.4 is 5.32 Å². The summed E-state index contributed by atoms with van der Waals surface area (Å²) in [7, 11) is 0. The maximum absolute atomic E-state index is 15.2. The molecule has 5 nitrogen and oxygen atoms in total. The molecular weight excluding hydrogens is 413 g/mol. The second kappa shape index (κ2) is 7.98. The zero-order valence-corrected chi connectivity index (χ0v) is 17.7. The van der Waals surface area contributed by atoms with Crippen molar-refractivity contribution in [3.05, 3.63) is 96.5 Å². The van der Waals surface area contributed by atoms with Gasteiger partial charge in [0.1, 0.15) is 11.6 Å². The highest BCUT2D eigenvalue weighted by molar-refractivity contribution is 5.93. The molecule has 0 aliphatic heterocycles. The molecule has 0 unspecified atom stereocenters. The van der Waals surface area contributed by atoms with Gasteiger partial charge in [0.05, 0.1) is 22.8 Å². The van der Waals surface area contributed by atoms with Crippen LogP contribution in [0.25, 0.3) is 38.8 Å². The number of fused-ring (bicyclic) bond motifs is 2. The van der Waals surface area contributed by atoms with Gasteiger partial charge in [0.2, 0.25) is 0 Å². The van der Waals surface area contributed by atoms with E-state index in [-0.39, 0.29) is 5.82 Å². The van der Waals surface area contributed by atoms with Crippen molar-refractivity contribution in [3.8, 4) is 11.4 Å². The molecule has 33 heavy (non-hydrogen) atoms. The Morgan fingerprint density at radius 3 is 2.79 bits per heavy atom. The molecule has 0 saturated carbocycles. The summed E-state index contributed by atoms with van der Waals surface area (Å²) in [6.45, 7) is 0. The lowest BCUT2D eigenvalue weighted by atomic mass is 9.96. The monoisotopic (exact) mass is 433 g/mol. The third-order valence-corrected chi connectivity index (χ3v) is 5.90. The Morgan fingerprint density at radius 2 is 1.91 bits per heavy atom. The predicted molar refractivity (Wildman–Crippen MR) is 131 cm³/mol. The van der Waals surface area contributed by atoms with Crippen LogP contribution in [0.1, 0.15) is 18.4 Å². The summed E-state index contributed by atoms with van der Waals surface area (Å²) in [6.07, 6.45) is 9.85. The lowest BCUT2D eigenvalue weighted by Gasteiger charge is -2.13. The molecule has 0 radical (unpaired) electrons. The molecule has 160 valence electrons. The first-order valence-electron chi connectivity index (χ1n) is 10.9. The smallest absolute Gasteiger partial charge is 0.165 e. The van der Waals surface area contributed by atoms with Crippen molar-refractivity contribution in [2.24, 2.45) is 0 Å². The van der Waals surface area contributed by atoms with Gasteiger partial charge in [-0.05, 0) is 66.4 Å². The van der Waals surface area contributed by atoms with Crippen LogP contribution >= 0.6 is 0 Å². The maximum Gasteiger partial charge on any atom is 0.165 e. The highest BCUT2D eigenvalue weighted by Gasteiger charge is 2.15. The molecular formula is C27H20FN5. The number of benzene rings is 3. The number of H-pyrrole nitrogens is 1. The number of hydrogen-bond acceptors (Lipinski definition) is 4. The molecule has 6 heteroatoms. The zero-order valence-electron chi connectivity index (χ0n) is 17.7. The van der Waals surface area contributed by atoms with E-state index >= 15 is 4.39 Å². The number of allylic oxidation sites excluding steroid dienone is 4. The fraction of sp³-hybridized carbons (Fsp3) is 0.0741. The van der Waals surface area contributed by atoms with Gasteiger partial charge in [-0.15, -0.1) is 0 Å². The second-order valence-corrected chi connectivity index (χ2v) is 8.06. The van der Waals surface area contributed by atoms with Gasteiger partial charge in [-0.2, -0.15) is 5.10 Å². The second-order valence-electron chi connectivity index (χ2n) is 8.06. The molecule has 0 saturated heterocycles. The number of aromatic amines is 1. The Bertz CT molecular complexity index is 1560. The Balaban J connectivity index is 1.43. The van der Waals surface area contributed by atoms with Crippen LogP contribution in [0.5, 0.6) is 0 Å². The standard InChI is InChI=1S/C27H20FN5/c28-23-15-18(17-6-2-1-3-7-17)10-12-21(23)26-31-25-9-5-4-8-22(25)27(32-26)30-20-11-13-24-19(14-20)16-29-33-24/h1-2,4-6,8-16H,3,7H2,(H,29,33)(H,30,31,32). The molecule has 0 atom stereocenters. The van der Waals surface area contributed by atoms with Gasteiger partial charge in [0.25, 0.3) is 0 Å². The summed E-state index contributed by atoms with van der Waals surface area (Å²) in [5, 5.41) is 12.3. The first kappa shape index (κ1) is 19.4. The van der Waals surface area contributed by atoms with Gasteiger partial charge in [-0.3, -0.25) is 5.10 Å². The molecule has 0 fully saturated rings. The van der Waals surface area contributed by atoms with Gasteiger partial charge < -0.3 is 5.32 Å². The summed E-state index contributed by atoms with van der Waals surface area (Å²) in [5.74, 6) is 0.646. The van der Waals surface area contributed by atoms with Crippen molar-refractivity contribution in [2.45, 2.75) is 12.8 Å². The molecule has 0 amide bonds. The van der Waals surface area contributed by atoms with Crippen molar-refractivity contribution in [2.75, 3.05) is 5.32 Å². The van der Waals surface area contributed by atoms with Crippen molar-refractivity contribution in [3.63, 3.8) is 0 Å². The van der Waals surface area contributed by atoms with E-state index in [2.05, 4.69) is 26.6 Å². The maximum atomic E-state index is 15.2. The summed E-state index contributed by atoms with van der Waals surface area (Å²) in [5.41, 5.74) is 4.99. The first-order chi connectivity index (χ1) is 16.2. The summed E-state index contributed by atoms with van der Waals surface area (Å²) in [4.78, 5) is 9.39. The molecule has 2 N–H and O–H groups in total. The number of halogens is 1. The zero-order chi connectivity index (χ0) is 22.2. The van der Waals surface area contributed by atoms with E-state index in [9.17, 15) is 0 Å². The van der Waals surface area contributed by atoms with E-state index in [1.165, 1.54) is 0 Å². The van der Waals surface area contributed by atoms with Crippen molar-refractivity contribution in [1.29, 1.82) is 0 Å². The molecule has 2 aromatic heterocycles. The van der Waals surface area contributed by atoms with Gasteiger partial charge in [-0.1, -0.05) is 36.4 Å². The minimum atomic E-state index is -0.330. The minimum Gasteiger partial charge on any atom is -0.340 e. The minimum absolute atomic E-state index is 0.330. The fourth-order valence-electron chi connectivity index (χ4n) is 4.19. The van der Waals surface area contributed by atoms with Crippen molar-refractivity contribution >= 4 is 38.9 Å². The normalized spacial score (nSPS) is 13.4. The van der Waals surface area contributed by atoms with Gasteiger partial charge in [-0.25, -0.2) is 14.4 Å². The Morgan fingerprint density at radius 1 is 0.970 bits per heavy atom. The summed E-state index contributed by atoms with van der Waals surface area (Å²) in [6, 6.07) is 18.9. The molecule has 1 aliphatic carbocycles. The van der Waals surface area contributed by atoms with Crippen molar-refractivity contribution in [1.82, 2.24) is 20.2 Å². The third kappa shape index (κ3) is 3.65. The Kier molecular flexibility index (Phi) is 4.69. The number of anilines is 2. The highest BCUT2D eigenvalue weighted by Crippen LogP contribution is 2.31. The molecule has 6 rings (SSSR count). The number of hydrogen-bond donors (Lipinski definition) is 2. The average molecular weight is 433 g/mol. The molecule has 0 spiro atoms. The van der Waals surface area contributed by atoms with Crippen molar-refractivity contribution < 1.29 is 4.39 Å². The predicted octanol–water partition coefficient (Wildman–Crippen LogP) is 6.79. The Labute approximate surface area is 189 Å². The van der Waals surface area contributed by atoms with Crippen LogP contribution in [0.2, 0.25) is 0 Å². The Hall–Kier alpha value is -4.32. The van der Waals surface area contributed by atoms with Crippen LogP contribution in [-0.2, 0) is 0 Å². The van der Waals surface area contributed by atoms with E-state index in [0.29, 0.717) is 17.2 Å². The quantitative estimate of drug-likeness (QED) is 0.327. The summed E-state index contributed by atoms with van der Waals surface area (Å²) < 4.78 is 15.2. The van der Waals surface area contributed by atoms with Crippen LogP contribution in [-0.4, -0.2) is 20.2 Å². The highest BCUT2D eigenvalue weighted by atomic mass is 19.1. The lowest BCUT2D eigenvalue weighted by Crippen LogP contribution is -2.01. The van der Waals surface area contributed by atoms with E-state index in [0.717, 1.165) is 51.5 Å². The van der Waals surface area contributed by atoms with E-state index in [4.69, 9.17) is 4.98 Å². The molecule has 5 aromatic rings. The number of aromatic nitrogens is 4. The average Bonchev–Trinajstić information content (AvgIpc) is 3.32.